The summed E-state index contributed by atoms with van der Waals surface area (Å²) in [7, 11) is 0. The molecule has 0 bridgehead atoms. The van der Waals surface area contributed by atoms with Crippen LogP contribution in [0.1, 0.15) is 13.8 Å². The van der Waals surface area contributed by atoms with Crippen LogP contribution in [0.2, 0.25) is 0 Å². The Morgan fingerprint density at radius 3 is 2.64 bits per heavy atom. The molecule has 3 aromatic rings. The third-order valence-corrected chi connectivity index (χ3v) is 5.41. The number of rotatable bonds is 4. The molecule has 3 rings (SSSR count). The summed E-state index contributed by atoms with van der Waals surface area (Å²) >= 11 is 2.78. The number of hydrogen-bond donors (Lipinski definition) is 1. The molecule has 0 saturated heterocycles. The Hall–Kier alpha value is -1.92. The van der Waals surface area contributed by atoms with Gasteiger partial charge in [-0.2, -0.15) is 4.37 Å². The predicted molar refractivity (Wildman–Crippen MR) is 90.4 cm³/mol. The quantitative estimate of drug-likeness (QED) is 0.722. The summed E-state index contributed by atoms with van der Waals surface area (Å²) in [5, 5.41) is 10.5. The van der Waals surface area contributed by atoms with E-state index in [0.717, 1.165) is 26.1 Å². The predicted octanol–water partition coefficient (Wildman–Crippen LogP) is 4.31. The number of carbonyl (C=O) groups is 1. The van der Waals surface area contributed by atoms with Gasteiger partial charge in [-0.15, -0.1) is 11.8 Å². The fraction of sp³-hybridized carbons (Fsp3) is 0.188. The Morgan fingerprint density at radius 2 is 1.95 bits per heavy atom. The summed E-state index contributed by atoms with van der Waals surface area (Å²) in [4.78, 5) is 16.4. The third-order valence-electron chi connectivity index (χ3n) is 3.33. The van der Waals surface area contributed by atoms with Crippen molar-refractivity contribution in [3.05, 3.63) is 42.9 Å². The Bertz CT molecular complexity index is 829. The topological polar surface area (TPSA) is 63.1 Å². The zero-order chi connectivity index (χ0) is 15.7. The van der Waals surface area contributed by atoms with Crippen LogP contribution in [0.4, 0.5) is 0 Å². The maximum absolute atomic E-state index is 11.4. The van der Waals surface area contributed by atoms with Crippen LogP contribution < -0.4 is 0 Å². The van der Waals surface area contributed by atoms with Crippen LogP contribution in [0.5, 0.6) is 0 Å². The zero-order valence-electron chi connectivity index (χ0n) is 12.1. The highest BCUT2D eigenvalue weighted by Crippen LogP contribution is 2.43. The molecular weight excluding hydrogens is 316 g/mol. The lowest BCUT2D eigenvalue weighted by atomic mass is 10.1. The molecule has 0 amide bonds. The molecule has 0 radical (unpaired) electrons. The van der Waals surface area contributed by atoms with Gasteiger partial charge in [-0.1, -0.05) is 6.07 Å². The highest BCUT2D eigenvalue weighted by atomic mass is 32.2. The molecule has 0 aliphatic carbocycles. The fourth-order valence-electron chi connectivity index (χ4n) is 2.11. The number of thioether (sulfide) groups is 1. The van der Waals surface area contributed by atoms with Crippen LogP contribution in [0.3, 0.4) is 0 Å². The first-order chi connectivity index (χ1) is 10.5. The van der Waals surface area contributed by atoms with E-state index in [2.05, 4.69) is 9.36 Å². The largest absolute Gasteiger partial charge is 0.480 e. The molecule has 0 aliphatic heterocycles. The van der Waals surface area contributed by atoms with Crippen molar-refractivity contribution in [1.29, 1.82) is 0 Å². The zero-order valence-corrected chi connectivity index (χ0v) is 13.7. The Labute approximate surface area is 136 Å². The van der Waals surface area contributed by atoms with Crippen molar-refractivity contribution in [2.75, 3.05) is 0 Å². The van der Waals surface area contributed by atoms with Gasteiger partial charge in [0.15, 0.2) is 0 Å². The van der Waals surface area contributed by atoms with E-state index in [1.54, 1.807) is 26.2 Å². The van der Waals surface area contributed by atoms with E-state index >= 15 is 0 Å². The second kappa shape index (κ2) is 5.70. The number of benzene rings is 1. The van der Waals surface area contributed by atoms with Crippen molar-refractivity contribution in [3.63, 3.8) is 0 Å². The number of nitrogens with zero attached hydrogens (tertiary/aromatic N) is 2. The summed E-state index contributed by atoms with van der Waals surface area (Å²) in [6, 6.07) is 7.84. The molecule has 0 spiro atoms. The summed E-state index contributed by atoms with van der Waals surface area (Å²) in [5.74, 6) is -0.831. The van der Waals surface area contributed by atoms with Crippen molar-refractivity contribution in [3.8, 4) is 11.1 Å². The van der Waals surface area contributed by atoms with Crippen molar-refractivity contribution >= 4 is 39.3 Å². The van der Waals surface area contributed by atoms with Gasteiger partial charge in [-0.05, 0) is 49.1 Å². The second-order valence-electron chi connectivity index (χ2n) is 5.34. The van der Waals surface area contributed by atoms with Crippen molar-refractivity contribution < 1.29 is 9.90 Å². The second-order valence-corrected chi connectivity index (χ2v) is 7.80. The first-order valence-electron chi connectivity index (χ1n) is 6.69. The van der Waals surface area contributed by atoms with Crippen molar-refractivity contribution in [1.82, 2.24) is 9.36 Å². The van der Waals surface area contributed by atoms with Gasteiger partial charge in [0.2, 0.25) is 0 Å². The van der Waals surface area contributed by atoms with Gasteiger partial charge in [-0.25, -0.2) is 0 Å². The Kier molecular flexibility index (Phi) is 3.88. The standard InChI is InChI=1S/C16H14N2O2S2/c1-16(2,15(19)20)21-12-4-3-11-9-18-22-14(11)13(12)10-5-7-17-8-6-10/h3-9H,1-2H3,(H,19,20). The van der Waals surface area contributed by atoms with Crippen molar-refractivity contribution in [2.45, 2.75) is 23.5 Å². The van der Waals surface area contributed by atoms with Gasteiger partial charge in [0.25, 0.3) is 0 Å². The van der Waals surface area contributed by atoms with Crippen LogP contribution in [0, 0.1) is 0 Å². The lowest BCUT2D eigenvalue weighted by Crippen LogP contribution is -2.26. The molecule has 4 nitrogen and oxygen atoms in total. The van der Waals surface area contributed by atoms with Gasteiger partial charge < -0.3 is 5.11 Å². The van der Waals surface area contributed by atoms with Crippen LogP contribution in [-0.2, 0) is 4.79 Å². The van der Waals surface area contributed by atoms with Gasteiger partial charge in [0.1, 0.15) is 4.75 Å². The van der Waals surface area contributed by atoms with Gasteiger partial charge in [0, 0.05) is 34.4 Å². The highest BCUT2D eigenvalue weighted by molar-refractivity contribution is 8.01. The molecular formula is C16H14N2O2S2. The number of carboxylic acid groups (broad SMARTS) is 1. The molecule has 0 saturated carbocycles. The summed E-state index contributed by atoms with van der Waals surface area (Å²) < 4.78 is 4.43. The Balaban J connectivity index is 2.20. The SMILES string of the molecule is CC(C)(Sc1ccc2cnsc2c1-c1ccncc1)C(=O)O. The minimum Gasteiger partial charge on any atom is -0.480 e. The molecule has 0 fully saturated rings. The summed E-state index contributed by atoms with van der Waals surface area (Å²) in [6.07, 6.45) is 5.32. The number of aromatic nitrogens is 2. The lowest BCUT2D eigenvalue weighted by Gasteiger charge is -2.20. The smallest absolute Gasteiger partial charge is 0.319 e. The van der Waals surface area contributed by atoms with E-state index in [-0.39, 0.29) is 0 Å². The van der Waals surface area contributed by atoms with E-state index in [0.29, 0.717) is 0 Å². The molecule has 6 heteroatoms. The van der Waals surface area contributed by atoms with Crippen LogP contribution >= 0.6 is 23.3 Å². The van der Waals surface area contributed by atoms with E-state index < -0.39 is 10.7 Å². The summed E-state index contributed by atoms with van der Waals surface area (Å²) in [6.45, 7) is 3.43. The average Bonchev–Trinajstić information content (AvgIpc) is 2.96. The molecule has 2 heterocycles. The van der Waals surface area contributed by atoms with Crippen LogP contribution in [-0.4, -0.2) is 25.2 Å². The van der Waals surface area contributed by atoms with E-state index in [1.165, 1.54) is 23.3 Å². The van der Waals surface area contributed by atoms with Crippen LogP contribution in [0.15, 0.2) is 47.8 Å². The van der Waals surface area contributed by atoms with Gasteiger partial charge >= 0.3 is 5.97 Å². The molecule has 2 aromatic heterocycles. The monoisotopic (exact) mass is 330 g/mol. The average molecular weight is 330 g/mol. The van der Waals surface area contributed by atoms with Crippen molar-refractivity contribution in [2.24, 2.45) is 0 Å². The Morgan fingerprint density at radius 1 is 1.23 bits per heavy atom. The molecule has 0 aliphatic rings. The molecule has 22 heavy (non-hydrogen) atoms. The minimum absolute atomic E-state index is 0.831. The maximum atomic E-state index is 11.4. The normalized spacial score (nSPS) is 11.7. The van der Waals surface area contributed by atoms with E-state index in [9.17, 15) is 9.90 Å². The molecule has 0 atom stereocenters. The van der Waals surface area contributed by atoms with Gasteiger partial charge in [-0.3, -0.25) is 9.78 Å². The number of carboxylic acids is 1. The van der Waals surface area contributed by atoms with E-state index in [1.807, 2.05) is 30.5 Å². The fourth-order valence-corrected chi connectivity index (χ4v) is 4.09. The number of hydrogen-bond acceptors (Lipinski definition) is 5. The minimum atomic E-state index is -0.903. The lowest BCUT2D eigenvalue weighted by molar-refractivity contribution is -0.138. The highest BCUT2D eigenvalue weighted by Gasteiger charge is 2.30. The summed E-state index contributed by atoms with van der Waals surface area (Å²) in [5.41, 5.74) is 2.05. The number of aliphatic carboxylic acids is 1. The molecule has 112 valence electrons. The molecule has 1 N–H and O–H groups in total. The molecule has 1 aromatic carbocycles. The third kappa shape index (κ3) is 2.71. The first kappa shape index (κ1) is 15.0. The van der Waals surface area contributed by atoms with E-state index in [4.69, 9.17) is 0 Å². The molecule has 0 unspecified atom stereocenters. The maximum Gasteiger partial charge on any atom is 0.319 e. The number of fused-ring (bicyclic) bond motifs is 1. The van der Waals surface area contributed by atoms with Gasteiger partial charge in [0.05, 0.1) is 4.70 Å². The van der Waals surface area contributed by atoms with Crippen LogP contribution in [0.25, 0.3) is 21.2 Å². The number of pyridine rings is 1. The first-order valence-corrected chi connectivity index (χ1v) is 8.28.